The molecular formula is C22H20N6OS. The van der Waals surface area contributed by atoms with Crippen molar-refractivity contribution in [3.05, 3.63) is 71.5 Å². The summed E-state index contributed by atoms with van der Waals surface area (Å²) < 4.78 is 0. The standard InChI is InChI=1S/C22H20N6OS/c1-13-6-7-17(8-14(13)2)27-22(29)26-16-5-3-4-15(9-16)19-11-30-21(28-19)18-10-24-12-25-20(18)23/h3-12H,1-2H3,(H2,23,24,25)(H2,26,27,29). The van der Waals surface area contributed by atoms with Crippen molar-refractivity contribution in [1.82, 2.24) is 15.0 Å². The van der Waals surface area contributed by atoms with E-state index in [0.29, 0.717) is 17.1 Å². The van der Waals surface area contributed by atoms with Crippen LogP contribution >= 0.6 is 11.3 Å². The zero-order chi connectivity index (χ0) is 21.1. The lowest BCUT2D eigenvalue weighted by Crippen LogP contribution is -2.19. The number of hydrogen-bond acceptors (Lipinski definition) is 6. The molecular weight excluding hydrogens is 396 g/mol. The fourth-order valence-corrected chi connectivity index (χ4v) is 3.75. The summed E-state index contributed by atoms with van der Waals surface area (Å²) in [4.78, 5) is 25.1. The predicted octanol–water partition coefficient (Wildman–Crippen LogP) is 5.11. The zero-order valence-corrected chi connectivity index (χ0v) is 17.3. The van der Waals surface area contributed by atoms with Crippen LogP contribution in [-0.2, 0) is 0 Å². The number of aromatic nitrogens is 3. The number of urea groups is 1. The van der Waals surface area contributed by atoms with E-state index in [1.54, 1.807) is 6.20 Å². The van der Waals surface area contributed by atoms with Gasteiger partial charge in [0.1, 0.15) is 17.2 Å². The number of nitrogen functional groups attached to an aromatic ring is 1. The lowest BCUT2D eigenvalue weighted by Gasteiger charge is -2.10. The van der Waals surface area contributed by atoms with Crippen LogP contribution < -0.4 is 16.4 Å². The van der Waals surface area contributed by atoms with E-state index in [1.165, 1.54) is 23.2 Å². The summed E-state index contributed by atoms with van der Waals surface area (Å²) in [5.41, 5.74) is 12.0. The second-order valence-electron chi connectivity index (χ2n) is 6.82. The molecule has 0 atom stereocenters. The van der Waals surface area contributed by atoms with Crippen LogP contribution in [0.4, 0.5) is 22.0 Å². The highest BCUT2D eigenvalue weighted by Gasteiger charge is 2.11. The molecule has 0 unspecified atom stereocenters. The Bertz CT molecular complexity index is 1220. The maximum Gasteiger partial charge on any atom is 0.323 e. The van der Waals surface area contributed by atoms with Gasteiger partial charge < -0.3 is 16.4 Å². The molecule has 0 saturated carbocycles. The summed E-state index contributed by atoms with van der Waals surface area (Å²) in [6, 6.07) is 13.0. The fraction of sp³-hybridized carbons (Fsp3) is 0.0909. The Morgan fingerprint density at radius 3 is 2.60 bits per heavy atom. The number of benzene rings is 2. The quantitative estimate of drug-likeness (QED) is 0.429. The number of hydrogen-bond donors (Lipinski definition) is 3. The van der Waals surface area contributed by atoms with Crippen LogP contribution in [-0.4, -0.2) is 21.0 Å². The maximum atomic E-state index is 12.4. The van der Waals surface area contributed by atoms with Crippen molar-refractivity contribution in [1.29, 1.82) is 0 Å². The van der Waals surface area contributed by atoms with Gasteiger partial charge in [0.05, 0.1) is 11.3 Å². The molecule has 2 heterocycles. The van der Waals surface area contributed by atoms with E-state index in [2.05, 4.69) is 25.6 Å². The summed E-state index contributed by atoms with van der Waals surface area (Å²) in [6.07, 6.45) is 3.06. The fourth-order valence-electron chi connectivity index (χ4n) is 2.90. The Balaban J connectivity index is 1.50. The molecule has 2 amide bonds. The molecule has 4 rings (SSSR count). The number of rotatable bonds is 4. The lowest BCUT2D eigenvalue weighted by atomic mass is 10.1. The van der Waals surface area contributed by atoms with Gasteiger partial charge in [0.15, 0.2) is 0 Å². The zero-order valence-electron chi connectivity index (χ0n) is 16.5. The SMILES string of the molecule is Cc1ccc(NC(=O)Nc2cccc(-c3csc(-c4cncnc4N)n3)c2)cc1C. The van der Waals surface area contributed by atoms with Crippen LogP contribution in [0.2, 0.25) is 0 Å². The first-order chi connectivity index (χ1) is 14.5. The maximum absolute atomic E-state index is 12.4. The Labute approximate surface area is 178 Å². The number of thiazole rings is 1. The van der Waals surface area contributed by atoms with E-state index in [9.17, 15) is 4.79 Å². The molecule has 0 saturated heterocycles. The minimum Gasteiger partial charge on any atom is -0.383 e. The number of nitrogens with one attached hydrogen (secondary N) is 2. The van der Waals surface area contributed by atoms with Crippen LogP contribution in [0.3, 0.4) is 0 Å². The topological polar surface area (TPSA) is 106 Å². The Morgan fingerprint density at radius 1 is 1.03 bits per heavy atom. The van der Waals surface area contributed by atoms with Crippen LogP contribution in [0.25, 0.3) is 21.8 Å². The predicted molar refractivity (Wildman–Crippen MR) is 122 cm³/mol. The van der Waals surface area contributed by atoms with Crippen molar-refractivity contribution in [3.63, 3.8) is 0 Å². The number of aryl methyl sites for hydroxylation is 2. The average Bonchev–Trinajstić information content (AvgIpc) is 3.21. The summed E-state index contributed by atoms with van der Waals surface area (Å²) >= 11 is 1.46. The first kappa shape index (κ1) is 19.5. The smallest absolute Gasteiger partial charge is 0.323 e. The lowest BCUT2D eigenvalue weighted by molar-refractivity contribution is 0.262. The third-order valence-electron chi connectivity index (χ3n) is 4.66. The number of nitrogens with two attached hydrogens (primary N) is 1. The van der Waals surface area contributed by atoms with E-state index in [-0.39, 0.29) is 6.03 Å². The van der Waals surface area contributed by atoms with Crippen molar-refractivity contribution in [2.45, 2.75) is 13.8 Å². The molecule has 2 aromatic heterocycles. The van der Waals surface area contributed by atoms with Gasteiger partial charge in [-0.15, -0.1) is 11.3 Å². The molecule has 150 valence electrons. The van der Waals surface area contributed by atoms with Crippen LogP contribution in [0.5, 0.6) is 0 Å². The third kappa shape index (κ3) is 4.28. The monoisotopic (exact) mass is 416 g/mol. The van der Waals surface area contributed by atoms with Crippen molar-refractivity contribution >= 4 is 34.6 Å². The van der Waals surface area contributed by atoms with E-state index < -0.39 is 0 Å². The molecule has 0 radical (unpaired) electrons. The van der Waals surface area contributed by atoms with E-state index in [1.807, 2.05) is 61.7 Å². The normalized spacial score (nSPS) is 10.6. The van der Waals surface area contributed by atoms with Crippen molar-refractivity contribution in [2.24, 2.45) is 0 Å². The van der Waals surface area contributed by atoms with Gasteiger partial charge in [-0.2, -0.15) is 0 Å². The average molecular weight is 417 g/mol. The Morgan fingerprint density at radius 2 is 1.83 bits per heavy atom. The number of anilines is 3. The number of carbonyl (C=O) groups is 1. The number of nitrogens with zero attached hydrogens (tertiary/aromatic N) is 3. The summed E-state index contributed by atoms with van der Waals surface area (Å²) in [5.74, 6) is 0.393. The van der Waals surface area contributed by atoms with Crippen LogP contribution in [0.1, 0.15) is 11.1 Å². The van der Waals surface area contributed by atoms with Crippen molar-refractivity contribution < 1.29 is 4.79 Å². The molecule has 0 aliphatic heterocycles. The first-order valence-electron chi connectivity index (χ1n) is 9.26. The summed E-state index contributed by atoms with van der Waals surface area (Å²) in [5, 5.41) is 8.41. The largest absolute Gasteiger partial charge is 0.383 e. The molecule has 4 N–H and O–H groups in total. The number of amides is 2. The Hall–Kier alpha value is -3.78. The molecule has 0 aliphatic rings. The molecule has 8 heteroatoms. The van der Waals surface area contributed by atoms with Gasteiger partial charge in [-0.25, -0.2) is 19.7 Å². The highest BCUT2D eigenvalue weighted by atomic mass is 32.1. The molecule has 0 fully saturated rings. The van der Waals surface area contributed by atoms with Gasteiger partial charge in [-0.05, 0) is 49.2 Å². The van der Waals surface area contributed by atoms with Gasteiger partial charge in [-0.1, -0.05) is 18.2 Å². The van der Waals surface area contributed by atoms with Gasteiger partial charge in [0.25, 0.3) is 0 Å². The van der Waals surface area contributed by atoms with Crippen molar-refractivity contribution in [3.8, 4) is 21.8 Å². The second kappa shape index (κ2) is 8.30. The van der Waals surface area contributed by atoms with Crippen LogP contribution in [0, 0.1) is 13.8 Å². The first-order valence-corrected chi connectivity index (χ1v) is 10.1. The molecule has 0 spiro atoms. The second-order valence-corrected chi connectivity index (χ2v) is 7.68. The summed E-state index contributed by atoms with van der Waals surface area (Å²) in [7, 11) is 0. The van der Waals surface area contributed by atoms with Gasteiger partial charge in [0, 0.05) is 28.5 Å². The highest BCUT2D eigenvalue weighted by Crippen LogP contribution is 2.31. The molecule has 30 heavy (non-hydrogen) atoms. The summed E-state index contributed by atoms with van der Waals surface area (Å²) in [6.45, 7) is 4.05. The molecule has 0 bridgehead atoms. The van der Waals surface area contributed by atoms with Crippen LogP contribution in [0.15, 0.2) is 60.4 Å². The van der Waals surface area contributed by atoms with Gasteiger partial charge in [0.2, 0.25) is 0 Å². The molecule has 2 aromatic carbocycles. The molecule has 4 aromatic rings. The Kier molecular flexibility index (Phi) is 5.40. The third-order valence-corrected chi connectivity index (χ3v) is 5.53. The van der Waals surface area contributed by atoms with Crippen molar-refractivity contribution in [2.75, 3.05) is 16.4 Å². The van der Waals surface area contributed by atoms with E-state index in [0.717, 1.165) is 27.5 Å². The molecule has 7 nitrogen and oxygen atoms in total. The minimum atomic E-state index is -0.302. The van der Waals surface area contributed by atoms with E-state index >= 15 is 0 Å². The minimum absolute atomic E-state index is 0.302. The van der Waals surface area contributed by atoms with Gasteiger partial charge >= 0.3 is 6.03 Å². The number of carbonyl (C=O) groups excluding carboxylic acids is 1. The highest BCUT2D eigenvalue weighted by molar-refractivity contribution is 7.13. The van der Waals surface area contributed by atoms with Gasteiger partial charge in [-0.3, -0.25) is 0 Å². The molecule has 0 aliphatic carbocycles. The van der Waals surface area contributed by atoms with E-state index in [4.69, 9.17) is 5.73 Å².